The number of hydrogen-bond acceptors (Lipinski definition) is 3. The van der Waals surface area contributed by atoms with Gasteiger partial charge in [0.15, 0.2) is 0 Å². The van der Waals surface area contributed by atoms with Crippen molar-refractivity contribution in [2.24, 2.45) is 0 Å². The lowest BCUT2D eigenvalue weighted by Gasteiger charge is -2.25. The maximum atomic E-state index is 12.5. The first kappa shape index (κ1) is 16.7. The molecule has 0 spiro atoms. The maximum Gasteiger partial charge on any atom is 0.227 e. The molecule has 0 fully saturated rings. The zero-order chi connectivity index (χ0) is 16.8. The van der Waals surface area contributed by atoms with E-state index in [0.717, 1.165) is 36.3 Å². The molecule has 24 heavy (non-hydrogen) atoms. The predicted molar refractivity (Wildman–Crippen MR) is 95.9 cm³/mol. The summed E-state index contributed by atoms with van der Waals surface area (Å²) in [4.78, 5) is 12.5. The van der Waals surface area contributed by atoms with Crippen molar-refractivity contribution in [3.63, 3.8) is 0 Å². The smallest absolute Gasteiger partial charge is 0.227 e. The Morgan fingerprint density at radius 3 is 2.83 bits per heavy atom. The first-order chi connectivity index (χ1) is 11.8. The molecule has 1 aliphatic rings. The van der Waals surface area contributed by atoms with Gasteiger partial charge in [-0.1, -0.05) is 49.4 Å². The Labute approximate surface area is 143 Å². The van der Waals surface area contributed by atoms with Crippen LogP contribution in [0.15, 0.2) is 48.5 Å². The van der Waals surface area contributed by atoms with E-state index < -0.39 is 0 Å². The van der Waals surface area contributed by atoms with Crippen molar-refractivity contribution in [1.82, 2.24) is 5.32 Å². The Hall–Kier alpha value is -2.17. The third kappa shape index (κ3) is 4.02. The van der Waals surface area contributed by atoms with Gasteiger partial charge in [-0.25, -0.2) is 0 Å². The fourth-order valence-corrected chi connectivity index (χ4v) is 3.07. The summed E-state index contributed by atoms with van der Waals surface area (Å²) in [5.74, 6) is -0.0133. The summed E-state index contributed by atoms with van der Waals surface area (Å²) in [7, 11) is 0. The van der Waals surface area contributed by atoms with Crippen LogP contribution >= 0.6 is 0 Å². The molecule has 0 aliphatic carbocycles. The van der Waals surface area contributed by atoms with Gasteiger partial charge in [0.05, 0.1) is 19.1 Å². The molecule has 0 unspecified atom stereocenters. The van der Waals surface area contributed by atoms with Crippen LogP contribution in [0.5, 0.6) is 0 Å². The maximum absolute atomic E-state index is 12.5. The molecular weight excluding hydrogens is 300 g/mol. The van der Waals surface area contributed by atoms with Crippen molar-refractivity contribution in [1.29, 1.82) is 0 Å². The molecule has 1 heterocycles. The van der Waals surface area contributed by atoms with Crippen LogP contribution in [0.25, 0.3) is 0 Å². The van der Waals surface area contributed by atoms with Gasteiger partial charge in [0.25, 0.3) is 0 Å². The molecular formula is C20H24N2O2. The predicted octanol–water partition coefficient (Wildman–Crippen LogP) is 3.44. The minimum atomic E-state index is -0.157. The Kier molecular flexibility index (Phi) is 5.62. The van der Waals surface area contributed by atoms with Gasteiger partial charge in [-0.15, -0.1) is 0 Å². The largest absolute Gasteiger partial charge is 0.373 e. The van der Waals surface area contributed by atoms with Crippen LogP contribution in [0.3, 0.4) is 0 Å². The summed E-state index contributed by atoms with van der Waals surface area (Å²) < 4.78 is 5.83. The summed E-state index contributed by atoms with van der Waals surface area (Å²) in [5.41, 5.74) is 4.39. The second-order valence-corrected chi connectivity index (χ2v) is 6.00. The van der Waals surface area contributed by atoms with Crippen LogP contribution in [-0.2, 0) is 22.5 Å². The average Bonchev–Trinajstić information content (AvgIpc) is 2.61. The van der Waals surface area contributed by atoms with Gasteiger partial charge in [0.2, 0.25) is 5.91 Å². The number of anilines is 1. The summed E-state index contributed by atoms with van der Waals surface area (Å²) in [6, 6.07) is 16.1. The quantitative estimate of drug-likeness (QED) is 0.856. The zero-order valence-electron chi connectivity index (χ0n) is 14.0. The molecule has 0 radical (unpaired) electrons. The summed E-state index contributed by atoms with van der Waals surface area (Å²) in [5, 5.41) is 6.34. The monoisotopic (exact) mass is 324 g/mol. The highest BCUT2D eigenvalue weighted by atomic mass is 16.5. The van der Waals surface area contributed by atoms with Crippen LogP contribution in [0, 0.1) is 0 Å². The Bertz CT molecular complexity index is 700. The number of rotatable bonds is 6. The van der Waals surface area contributed by atoms with Gasteiger partial charge < -0.3 is 15.4 Å². The lowest BCUT2D eigenvalue weighted by molar-refractivity contribution is -0.119. The Morgan fingerprint density at radius 2 is 1.96 bits per heavy atom. The van der Waals surface area contributed by atoms with Crippen LogP contribution in [0.1, 0.15) is 36.1 Å². The van der Waals surface area contributed by atoms with E-state index in [4.69, 9.17) is 4.74 Å². The number of nitrogens with one attached hydrogen (secondary N) is 2. The number of para-hydroxylation sites is 1. The number of amides is 1. The first-order valence-corrected chi connectivity index (χ1v) is 8.55. The molecule has 4 nitrogen and oxygen atoms in total. The summed E-state index contributed by atoms with van der Waals surface area (Å²) >= 11 is 0. The van der Waals surface area contributed by atoms with E-state index in [1.807, 2.05) is 36.4 Å². The van der Waals surface area contributed by atoms with Gasteiger partial charge in [-0.3, -0.25) is 4.79 Å². The topological polar surface area (TPSA) is 50.4 Å². The van der Waals surface area contributed by atoms with Gasteiger partial charge in [0.1, 0.15) is 0 Å². The van der Waals surface area contributed by atoms with Crippen molar-refractivity contribution >= 4 is 11.6 Å². The second-order valence-electron chi connectivity index (χ2n) is 6.00. The molecule has 1 atom stereocenters. The number of carbonyl (C=O) groups excluding carboxylic acids is 1. The number of carbonyl (C=O) groups is 1. The molecule has 0 bridgehead atoms. The van der Waals surface area contributed by atoms with Crippen molar-refractivity contribution in [3.05, 3.63) is 65.2 Å². The highest BCUT2D eigenvalue weighted by molar-refractivity contribution is 5.92. The molecule has 0 saturated carbocycles. The average molecular weight is 324 g/mol. The van der Waals surface area contributed by atoms with Crippen molar-refractivity contribution in [2.75, 3.05) is 18.5 Å². The van der Waals surface area contributed by atoms with Crippen LogP contribution in [0.4, 0.5) is 5.69 Å². The number of fused-ring (bicyclic) bond motifs is 1. The molecule has 1 aliphatic heterocycles. The Morgan fingerprint density at radius 1 is 1.17 bits per heavy atom. The van der Waals surface area contributed by atoms with Gasteiger partial charge >= 0.3 is 0 Å². The Balaban J connectivity index is 1.67. The highest BCUT2D eigenvalue weighted by Gasteiger charge is 2.23. The number of benzene rings is 2. The van der Waals surface area contributed by atoms with E-state index in [9.17, 15) is 4.79 Å². The lowest BCUT2D eigenvalue weighted by atomic mass is 9.95. The van der Waals surface area contributed by atoms with Crippen molar-refractivity contribution < 1.29 is 9.53 Å². The minimum absolute atomic E-state index is 0.0133. The summed E-state index contributed by atoms with van der Waals surface area (Å²) in [6.07, 6.45) is 1.10. The van der Waals surface area contributed by atoms with E-state index in [2.05, 4.69) is 29.7 Å². The molecule has 0 aromatic heterocycles. The lowest BCUT2D eigenvalue weighted by Crippen LogP contribution is -2.23. The molecule has 126 valence electrons. The number of ether oxygens (including phenoxy) is 1. The van der Waals surface area contributed by atoms with E-state index in [1.165, 1.54) is 5.56 Å². The number of hydrogen-bond donors (Lipinski definition) is 2. The molecule has 2 aromatic rings. The normalized spacial score (nSPS) is 16.5. The van der Waals surface area contributed by atoms with E-state index in [0.29, 0.717) is 13.0 Å². The second kappa shape index (κ2) is 8.08. The first-order valence-electron chi connectivity index (χ1n) is 8.55. The molecule has 3 rings (SSSR count). The summed E-state index contributed by atoms with van der Waals surface area (Å²) in [6.45, 7) is 4.38. The molecule has 4 heteroatoms. The van der Waals surface area contributed by atoms with E-state index >= 15 is 0 Å². The highest BCUT2D eigenvalue weighted by Crippen LogP contribution is 2.30. The van der Waals surface area contributed by atoms with E-state index in [-0.39, 0.29) is 12.0 Å². The van der Waals surface area contributed by atoms with Gasteiger partial charge in [-0.2, -0.15) is 0 Å². The van der Waals surface area contributed by atoms with Gasteiger partial charge in [0, 0.05) is 12.2 Å². The van der Waals surface area contributed by atoms with Crippen LogP contribution in [-0.4, -0.2) is 19.1 Å². The van der Waals surface area contributed by atoms with Gasteiger partial charge in [-0.05, 0) is 35.7 Å². The fourth-order valence-electron chi connectivity index (χ4n) is 3.07. The third-order valence-corrected chi connectivity index (χ3v) is 4.32. The van der Waals surface area contributed by atoms with Crippen molar-refractivity contribution in [3.8, 4) is 0 Å². The fraction of sp³-hybridized carbons (Fsp3) is 0.350. The molecule has 0 saturated heterocycles. The SMILES string of the molecule is CCNCc1ccccc1NC(=O)C[C@H]1OCCc2ccccc21. The minimum Gasteiger partial charge on any atom is -0.373 e. The van der Waals surface area contributed by atoms with Crippen LogP contribution in [0.2, 0.25) is 0 Å². The van der Waals surface area contributed by atoms with Crippen LogP contribution < -0.4 is 10.6 Å². The molecule has 2 N–H and O–H groups in total. The van der Waals surface area contributed by atoms with Crippen molar-refractivity contribution in [2.45, 2.75) is 32.4 Å². The zero-order valence-corrected chi connectivity index (χ0v) is 14.0. The third-order valence-electron chi connectivity index (χ3n) is 4.32. The molecule has 2 aromatic carbocycles. The molecule has 1 amide bonds. The standard InChI is InChI=1S/C20H24N2O2/c1-2-21-14-16-8-4-6-10-18(16)22-20(23)13-19-17-9-5-3-7-15(17)11-12-24-19/h3-10,19,21H,2,11-14H2,1H3,(H,22,23)/t19-/m1/s1. The van der Waals surface area contributed by atoms with E-state index in [1.54, 1.807) is 0 Å².